The maximum atomic E-state index is 6.32. The van der Waals surface area contributed by atoms with E-state index < -0.39 is 0 Å². The van der Waals surface area contributed by atoms with Gasteiger partial charge in [-0.3, -0.25) is 0 Å². The quantitative estimate of drug-likeness (QED) is 0.790. The molecule has 0 amide bonds. The van der Waals surface area contributed by atoms with Crippen molar-refractivity contribution in [3.63, 3.8) is 0 Å². The Morgan fingerprint density at radius 3 is 2.64 bits per heavy atom. The molecule has 0 unspecified atom stereocenters. The Hall–Kier alpha value is -1.16. The van der Waals surface area contributed by atoms with Crippen molar-refractivity contribution in [1.82, 2.24) is 0 Å². The van der Waals surface area contributed by atoms with Crippen molar-refractivity contribution < 1.29 is 14.2 Å². The van der Waals surface area contributed by atoms with Crippen molar-refractivity contribution in [2.24, 2.45) is 0 Å². The van der Waals surface area contributed by atoms with Crippen molar-refractivity contribution in [2.45, 2.75) is 69.2 Å². The first kappa shape index (κ1) is 14.4. The highest BCUT2D eigenvalue weighted by Gasteiger charge is 2.48. The second-order valence-corrected chi connectivity index (χ2v) is 6.67. The molecule has 1 spiro atoms. The Morgan fingerprint density at radius 1 is 1.00 bits per heavy atom. The van der Waals surface area contributed by atoms with E-state index in [0.29, 0.717) is 6.61 Å². The summed E-state index contributed by atoms with van der Waals surface area (Å²) in [5.74, 6) is -0.299. The molecule has 3 heteroatoms. The number of ether oxygens (including phenoxy) is 3. The first-order valence-corrected chi connectivity index (χ1v) is 8.53. The van der Waals surface area contributed by atoms with Crippen molar-refractivity contribution in [1.29, 1.82) is 0 Å². The van der Waals surface area contributed by atoms with Crippen LogP contribution in [-0.4, -0.2) is 24.1 Å². The predicted octanol–water partition coefficient (Wildman–Crippen LogP) is 3.98. The van der Waals surface area contributed by atoms with Crippen LogP contribution < -0.4 is 0 Å². The Bertz CT molecular complexity index is 519. The van der Waals surface area contributed by atoms with Gasteiger partial charge in [0.05, 0.1) is 18.8 Å². The molecule has 0 radical (unpaired) electrons. The van der Waals surface area contributed by atoms with Crippen LogP contribution in [0.5, 0.6) is 0 Å². The molecule has 1 saturated carbocycles. The van der Waals surface area contributed by atoms with Gasteiger partial charge in [0, 0.05) is 19.3 Å². The fourth-order valence-electron chi connectivity index (χ4n) is 3.81. The molecule has 3 aliphatic rings. The zero-order valence-corrected chi connectivity index (χ0v) is 12.9. The van der Waals surface area contributed by atoms with E-state index in [9.17, 15) is 0 Å². The molecule has 2 aliphatic carbocycles. The summed E-state index contributed by atoms with van der Waals surface area (Å²) >= 11 is 0. The third kappa shape index (κ3) is 2.98. The first-order chi connectivity index (χ1) is 10.8. The van der Waals surface area contributed by atoms with Gasteiger partial charge in [-0.05, 0) is 18.4 Å². The van der Waals surface area contributed by atoms with E-state index in [0.717, 1.165) is 19.3 Å². The molecule has 0 bridgehead atoms. The van der Waals surface area contributed by atoms with Gasteiger partial charge in [0.2, 0.25) is 0 Å². The largest absolute Gasteiger partial charge is 0.369 e. The molecule has 1 aliphatic heterocycles. The van der Waals surface area contributed by atoms with Crippen LogP contribution in [0.1, 0.15) is 44.1 Å². The van der Waals surface area contributed by atoms with Crippen molar-refractivity contribution >= 4 is 0 Å². The van der Waals surface area contributed by atoms with Gasteiger partial charge in [-0.25, -0.2) is 0 Å². The summed E-state index contributed by atoms with van der Waals surface area (Å²) in [6, 6.07) is 10.3. The fraction of sp³-hybridized carbons (Fsp3) is 0.579. The number of rotatable bonds is 3. The SMILES string of the molecule is C1=C[C@H](OCc2ccccc2)C[C@H]2OC3(CCCCC3)O[C@@H]12. The number of benzene rings is 1. The molecule has 2 fully saturated rings. The zero-order valence-electron chi connectivity index (χ0n) is 12.9. The lowest BCUT2D eigenvalue weighted by molar-refractivity contribution is -0.192. The predicted molar refractivity (Wildman–Crippen MR) is 84.3 cm³/mol. The molecule has 0 aromatic heterocycles. The van der Waals surface area contributed by atoms with Crippen LogP contribution >= 0.6 is 0 Å². The van der Waals surface area contributed by atoms with Crippen LogP contribution in [0.25, 0.3) is 0 Å². The molecular formula is C19H24O3. The van der Waals surface area contributed by atoms with E-state index in [1.807, 2.05) is 18.2 Å². The summed E-state index contributed by atoms with van der Waals surface area (Å²) in [6.07, 6.45) is 11.4. The highest BCUT2D eigenvalue weighted by atomic mass is 16.8. The van der Waals surface area contributed by atoms with Gasteiger partial charge in [-0.15, -0.1) is 0 Å². The molecular weight excluding hydrogens is 276 g/mol. The summed E-state index contributed by atoms with van der Waals surface area (Å²) in [5, 5.41) is 0. The third-order valence-electron chi connectivity index (χ3n) is 4.99. The van der Waals surface area contributed by atoms with Crippen molar-refractivity contribution in [2.75, 3.05) is 0 Å². The second-order valence-electron chi connectivity index (χ2n) is 6.67. The van der Waals surface area contributed by atoms with E-state index in [-0.39, 0.29) is 24.1 Å². The molecule has 1 aromatic rings. The molecule has 22 heavy (non-hydrogen) atoms. The monoisotopic (exact) mass is 300 g/mol. The van der Waals surface area contributed by atoms with Crippen LogP contribution in [0.2, 0.25) is 0 Å². The van der Waals surface area contributed by atoms with E-state index >= 15 is 0 Å². The van der Waals surface area contributed by atoms with Crippen LogP contribution in [0.3, 0.4) is 0 Å². The average Bonchev–Trinajstić information content (AvgIpc) is 2.91. The normalized spacial score (nSPS) is 33.0. The van der Waals surface area contributed by atoms with Gasteiger partial charge >= 0.3 is 0 Å². The van der Waals surface area contributed by atoms with Gasteiger partial charge in [0.15, 0.2) is 5.79 Å². The number of fused-ring (bicyclic) bond motifs is 1. The van der Waals surface area contributed by atoms with E-state index in [4.69, 9.17) is 14.2 Å². The minimum absolute atomic E-state index is 0.120. The summed E-state index contributed by atoms with van der Waals surface area (Å²) in [7, 11) is 0. The van der Waals surface area contributed by atoms with Crippen LogP contribution in [0.15, 0.2) is 42.5 Å². The molecule has 0 N–H and O–H groups in total. The van der Waals surface area contributed by atoms with Gasteiger partial charge in [0.1, 0.15) is 6.10 Å². The van der Waals surface area contributed by atoms with E-state index in [1.54, 1.807) is 0 Å². The standard InChI is InChI=1S/C19H24O3/c1-3-7-15(8-4-1)14-20-16-9-10-17-18(13-16)22-19(21-17)11-5-2-6-12-19/h1,3-4,7-10,16-18H,2,5-6,11-14H2/t16-,17-,18+/m0/s1. The summed E-state index contributed by atoms with van der Waals surface area (Å²) in [5.41, 5.74) is 1.21. The Morgan fingerprint density at radius 2 is 1.82 bits per heavy atom. The second kappa shape index (κ2) is 6.15. The molecule has 4 rings (SSSR count). The highest BCUT2D eigenvalue weighted by Crippen LogP contribution is 2.43. The van der Waals surface area contributed by atoms with Gasteiger partial charge < -0.3 is 14.2 Å². The summed E-state index contributed by atoms with van der Waals surface area (Å²) in [4.78, 5) is 0. The maximum absolute atomic E-state index is 6.32. The fourth-order valence-corrected chi connectivity index (χ4v) is 3.81. The van der Waals surface area contributed by atoms with Gasteiger partial charge in [-0.1, -0.05) is 48.9 Å². The smallest absolute Gasteiger partial charge is 0.169 e. The Labute approximate surface area is 132 Å². The van der Waals surface area contributed by atoms with Crippen molar-refractivity contribution in [3.8, 4) is 0 Å². The molecule has 3 nitrogen and oxygen atoms in total. The number of hydrogen-bond acceptors (Lipinski definition) is 3. The van der Waals surface area contributed by atoms with Crippen LogP contribution in [0.4, 0.5) is 0 Å². The maximum Gasteiger partial charge on any atom is 0.169 e. The molecule has 1 aromatic carbocycles. The van der Waals surface area contributed by atoms with E-state index in [2.05, 4.69) is 24.3 Å². The topological polar surface area (TPSA) is 27.7 Å². The minimum atomic E-state index is -0.299. The molecule has 118 valence electrons. The van der Waals surface area contributed by atoms with Crippen LogP contribution in [-0.2, 0) is 20.8 Å². The Balaban J connectivity index is 1.35. The van der Waals surface area contributed by atoms with Crippen molar-refractivity contribution in [3.05, 3.63) is 48.0 Å². The molecule has 1 heterocycles. The lowest BCUT2D eigenvalue weighted by Gasteiger charge is -2.31. The van der Waals surface area contributed by atoms with Crippen LogP contribution in [0, 0.1) is 0 Å². The lowest BCUT2D eigenvalue weighted by Crippen LogP contribution is -2.33. The highest BCUT2D eigenvalue weighted by molar-refractivity contribution is 5.14. The lowest BCUT2D eigenvalue weighted by atomic mass is 9.94. The van der Waals surface area contributed by atoms with E-state index in [1.165, 1.54) is 24.8 Å². The van der Waals surface area contributed by atoms with Gasteiger partial charge in [0.25, 0.3) is 0 Å². The third-order valence-corrected chi connectivity index (χ3v) is 4.99. The first-order valence-electron chi connectivity index (χ1n) is 8.53. The molecule has 3 atom stereocenters. The van der Waals surface area contributed by atoms with Gasteiger partial charge in [-0.2, -0.15) is 0 Å². The summed E-state index contributed by atoms with van der Waals surface area (Å²) in [6.45, 7) is 0.652. The average molecular weight is 300 g/mol. The minimum Gasteiger partial charge on any atom is -0.369 e. The molecule has 1 saturated heterocycles. The Kier molecular flexibility index (Phi) is 4.03. The number of hydrogen-bond donors (Lipinski definition) is 0. The summed E-state index contributed by atoms with van der Waals surface area (Å²) < 4.78 is 18.6. The zero-order chi connectivity index (χ0) is 14.8.